The van der Waals surface area contributed by atoms with Gasteiger partial charge in [-0.25, -0.2) is 4.98 Å². The van der Waals surface area contributed by atoms with Gasteiger partial charge in [-0.2, -0.15) is 26.3 Å². The van der Waals surface area contributed by atoms with Gasteiger partial charge in [-0.1, -0.05) is 42.5 Å². The Balaban J connectivity index is 1.86. The number of aromatic nitrogens is 1. The van der Waals surface area contributed by atoms with Crippen LogP contribution in [0.5, 0.6) is 0 Å². The normalized spacial score (nSPS) is 12.9. The zero-order valence-corrected chi connectivity index (χ0v) is 17.1. The van der Waals surface area contributed by atoms with Gasteiger partial charge in [0.1, 0.15) is 11.7 Å². The SMILES string of the molecule is N[C@@H](C(=O)N(CCc1ccc(C(F)(F)F)cc1)c1ccc(C(F)(F)F)nc1)c1ccccc1. The van der Waals surface area contributed by atoms with Crippen LogP contribution >= 0.6 is 0 Å². The van der Waals surface area contributed by atoms with E-state index >= 15 is 0 Å². The average molecular weight is 467 g/mol. The average Bonchev–Trinajstić information content (AvgIpc) is 2.78. The summed E-state index contributed by atoms with van der Waals surface area (Å²) in [5.74, 6) is -0.588. The van der Waals surface area contributed by atoms with Crippen LogP contribution in [0, 0.1) is 0 Å². The summed E-state index contributed by atoms with van der Waals surface area (Å²) in [6, 6.07) is 13.6. The molecule has 1 amide bonds. The third-order valence-electron chi connectivity index (χ3n) is 4.95. The number of amides is 1. The Bertz CT molecular complexity index is 1060. The van der Waals surface area contributed by atoms with Crippen LogP contribution in [0.3, 0.4) is 0 Å². The summed E-state index contributed by atoms with van der Waals surface area (Å²) < 4.78 is 76.9. The van der Waals surface area contributed by atoms with E-state index < -0.39 is 35.6 Å². The van der Waals surface area contributed by atoms with E-state index in [2.05, 4.69) is 4.98 Å². The number of pyridine rings is 1. The van der Waals surface area contributed by atoms with E-state index in [4.69, 9.17) is 5.73 Å². The van der Waals surface area contributed by atoms with Crippen molar-refractivity contribution in [3.05, 3.63) is 95.3 Å². The zero-order valence-electron chi connectivity index (χ0n) is 17.1. The number of hydrogen-bond donors (Lipinski definition) is 1. The summed E-state index contributed by atoms with van der Waals surface area (Å²) >= 11 is 0. The summed E-state index contributed by atoms with van der Waals surface area (Å²) in [5, 5.41) is 0. The minimum absolute atomic E-state index is 0.0300. The molecule has 0 bridgehead atoms. The molecule has 2 N–H and O–H groups in total. The maximum absolute atomic E-state index is 13.1. The molecule has 4 nitrogen and oxygen atoms in total. The first kappa shape index (κ1) is 24.2. The van der Waals surface area contributed by atoms with E-state index in [9.17, 15) is 31.1 Å². The number of anilines is 1. The van der Waals surface area contributed by atoms with Gasteiger partial charge in [0.05, 0.1) is 17.4 Å². The fourth-order valence-electron chi connectivity index (χ4n) is 3.15. The molecule has 10 heteroatoms. The third-order valence-corrected chi connectivity index (χ3v) is 4.95. The Morgan fingerprint density at radius 3 is 2.03 bits per heavy atom. The van der Waals surface area contributed by atoms with Gasteiger partial charge < -0.3 is 10.6 Å². The van der Waals surface area contributed by atoms with E-state index in [-0.39, 0.29) is 18.7 Å². The summed E-state index contributed by atoms with van der Waals surface area (Å²) in [4.78, 5) is 17.7. The predicted molar refractivity (Wildman–Crippen MR) is 110 cm³/mol. The maximum Gasteiger partial charge on any atom is 0.433 e. The summed E-state index contributed by atoms with van der Waals surface area (Å²) in [6.07, 6.45) is -8.06. The maximum atomic E-state index is 13.1. The van der Waals surface area contributed by atoms with Crippen molar-refractivity contribution in [3.8, 4) is 0 Å². The van der Waals surface area contributed by atoms with Crippen molar-refractivity contribution in [2.75, 3.05) is 11.4 Å². The second-order valence-corrected chi connectivity index (χ2v) is 7.22. The van der Waals surface area contributed by atoms with E-state index in [1.165, 1.54) is 17.0 Å². The minimum Gasteiger partial charge on any atom is -0.316 e. The highest BCUT2D eigenvalue weighted by Gasteiger charge is 2.33. The van der Waals surface area contributed by atoms with Crippen LogP contribution in [-0.4, -0.2) is 17.4 Å². The summed E-state index contributed by atoms with van der Waals surface area (Å²) in [5.41, 5.74) is 5.27. The summed E-state index contributed by atoms with van der Waals surface area (Å²) in [6.45, 7) is -0.0300. The molecule has 1 atom stereocenters. The number of nitrogens with zero attached hydrogens (tertiary/aromatic N) is 2. The molecule has 3 rings (SSSR count). The van der Waals surface area contributed by atoms with Crippen LogP contribution in [0.25, 0.3) is 0 Å². The number of hydrogen-bond acceptors (Lipinski definition) is 3. The smallest absolute Gasteiger partial charge is 0.316 e. The standard InChI is InChI=1S/C23H19F6N3O/c24-22(25,26)17-8-6-15(7-9-17)12-13-32(18-10-11-19(31-14-18)23(27,28)29)21(33)20(30)16-4-2-1-3-5-16/h1-11,14,20H,12-13,30H2/t20-/m1/s1. The van der Waals surface area contributed by atoms with Gasteiger partial charge in [0.15, 0.2) is 0 Å². The van der Waals surface area contributed by atoms with E-state index in [1.807, 2.05) is 0 Å². The Morgan fingerprint density at radius 2 is 1.52 bits per heavy atom. The van der Waals surface area contributed by atoms with Gasteiger partial charge in [0, 0.05) is 6.54 Å². The van der Waals surface area contributed by atoms with Crippen LogP contribution in [0.4, 0.5) is 32.0 Å². The fourth-order valence-corrected chi connectivity index (χ4v) is 3.15. The number of carbonyl (C=O) groups is 1. The van der Waals surface area contributed by atoms with Gasteiger partial charge >= 0.3 is 12.4 Å². The molecule has 0 radical (unpaired) electrons. The number of alkyl halides is 6. The molecule has 0 spiro atoms. The van der Waals surface area contributed by atoms with Gasteiger partial charge in [-0.15, -0.1) is 0 Å². The third kappa shape index (κ3) is 6.10. The number of rotatable bonds is 6. The molecule has 2 aromatic carbocycles. The second kappa shape index (κ2) is 9.62. The molecule has 0 aliphatic rings. The molecular weight excluding hydrogens is 448 g/mol. The molecule has 1 heterocycles. The van der Waals surface area contributed by atoms with Crippen molar-refractivity contribution in [1.82, 2.24) is 4.98 Å². The highest BCUT2D eigenvalue weighted by Crippen LogP contribution is 2.30. The van der Waals surface area contributed by atoms with E-state index in [1.54, 1.807) is 30.3 Å². The van der Waals surface area contributed by atoms with Gasteiger partial charge in [0.2, 0.25) is 5.91 Å². The lowest BCUT2D eigenvalue weighted by molar-refractivity contribution is -0.141. The van der Waals surface area contributed by atoms with Crippen molar-refractivity contribution in [1.29, 1.82) is 0 Å². The molecular formula is C23H19F6N3O. The van der Waals surface area contributed by atoms with E-state index in [0.717, 1.165) is 30.5 Å². The number of carbonyl (C=O) groups excluding carboxylic acids is 1. The van der Waals surface area contributed by atoms with Crippen LogP contribution in [0.2, 0.25) is 0 Å². The van der Waals surface area contributed by atoms with Crippen molar-refractivity contribution in [2.45, 2.75) is 24.8 Å². The number of benzene rings is 2. The van der Waals surface area contributed by atoms with Crippen LogP contribution in [0.15, 0.2) is 72.9 Å². The fraction of sp³-hybridized carbons (Fsp3) is 0.217. The van der Waals surface area contributed by atoms with E-state index in [0.29, 0.717) is 11.1 Å². The zero-order chi connectivity index (χ0) is 24.2. The minimum atomic E-state index is -4.64. The highest BCUT2D eigenvalue weighted by molar-refractivity contribution is 5.97. The molecule has 0 aliphatic heterocycles. The Hall–Kier alpha value is -3.40. The molecule has 0 fully saturated rings. The van der Waals surface area contributed by atoms with Crippen LogP contribution in [-0.2, 0) is 23.6 Å². The van der Waals surface area contributed by atoms with Crippen molar-refractivity contribution in [2.24, 2.45) is 5.73 Å². The molecule has 0 unspecified atom stereocenters. The van der Waals surface area contributed by atoms with Crippen molar-refractivity contribution < 1.29 is 31.1 Å². The second-order valence-electron chi connectivity index (χ2n) is 7.22. The predicted octanol–water partition coefficient (Wildman–Crippen LogP) is 5.39. The molecule has 3 aromatic rings. The first-order chi connectivity index (χ1) is 15.5. The number of halogens is 6. The Kier molecular flexibility index (Phi) is 7.06. The lowest BCUT2D eigenvalue weighted by atomic mass is 10.0. The molecule has 1 aromatic heterocycles. The Labute approximate surface area is 185 Å². The van der Waals surface area contributed by atoms with Gasteiger partial charge in [-0.05, 0) is 41.8 Å². The quantitative estimate of drug-likeness (QED) is 0.495. The first-order valence-corrected chi connectivity index (χ1v) is 9.78. The molecule has 0 aliphatic carbocycles. The topological polar surface area (TPSA) is 59.2 Å². The lowest BCUT2D eigenvalue weighted by Crippen LogP contribution is -2.40. The van der Waals surface area contributed by atoms with Gasteiger partial charge in [-0.3, -0.25) is 4.79 Å². The molecule has 0 saturated carbocycles. The largest absolute Gasteiger partial charge is 0.433 e. The number of nitrogens with two attached hydrogens (primary N) is 1. The Morgan fingerprint density at radius 1 is 0.879 bits per heavy atom. The van der Waals surface area contributed by atoms with Crippen LogP contribution < -0.4 is 10.6 Å². The summed E-state index contributed by atoms with van der Waals surface area (Å²) in [7, 11) is 0. The molecule has 174 valence electrons. The van der Waals surface area contributed by atoms with Crippen molar-refractivity contribution >= 4 is 11.6 Å². The van der Waals surface area contributed by atoms with Gasteiger partial charge in [0.25, 0.3) is 0 Å². The molecule has 0 saturated heterocycles. The highest BCUT2D eigenvalue weighted by atomic mass is 19.4. The molecule has 33 heavy (non-hydrogen) atoms. The monoisotopic (exact) mass is 467 g/mol. The lowest BCUT2D eigenvalue weighted by Gasteiger charge is -2.26. The first-order valence-electron chi connectivity index (χ1n) is 9.78. The van der Waals surface area contributed by atoms with Crippen molar-refractivity contribution in [3.63, 3.8) is 0 Å². The van der Waals surface area contributed by atoms with Crippen LogP contribution in [0.1, 0.15) is 28.4 Å².